The normalized spacial score (nSPS) is 10.4. The summed E-state index contributed by atoms with van der Waals surface area (Å²) in [4.78, 5) is 11.1. The molecule has 16 heavy (non-hydrogen) atoms. The molecule has 0 spiro atoms. The number of unbranched alkanes of at least 4 members (excludes halogenated alkanes) is 1. The van der Waals surface area contributed by atoms with Gasteiger partial charge in [-0.3, -0.25) is 0 Å². The fourth-order valence-corrected chi connectivity index (χ4v) is 1.27. The number of aliphatic hydroxyl groups is 1. The maximum atomic E-state index is 11.1. The molecular weight excluding hydrogens is 210 g/mol. The number of furan rings is 1. The molecule has 5 nitrogen and oxygen atoms in total. The summed E-state index contributed by atoms with van der Waals surface area (Å²) >= 11 is 0. The second kappa shape index (κ2) is 7.03. The van der Waals surface area contributed by atoms with Crippen molar-refractivity contribution in [2.75, 3.05) is 20.3 Å². The lowest BCUT2D eigenvalue weighted by molar-refractivity contribution is 0.0600. The Morgan fingerprint density at radius 3 is 3.06 bits per heavy atom. The molecule has 0 fully saturated rings. The van der Waals surface area contributed by atoms with Crippen LogP contribution in [0.25, 0.3) is 0 Å². The van der Waals surface area contributed by atoms with E-state index in [1.54, 1.807) is 6.07 Å². The molecule has 0 unspecified atom stereocenters. The van der Waals surface area contributed by atoms with Crippen LogP contribution < -0.4 is 5.32 Å². The third-order valence-corrected chi connectivity index (χ3v) is 2.14. The largest absolute Gasteiger partial charge is 0.467 e. The molecule has 0 saturated carbocycles. The van der Waals surface area contributed by atoms with Crippen molar-refractivity contribution in [2.45, 2.75) is 19.4 Å². The van der Waals surface area contributed by atoms with E-state index in [0.29, 0.717) is 17.9 Å². The fraction of sp³-hybridized carbons (Fsp3) is 0.545. The average Bonchev–Trinajstić information content (AvgIpc) is 2.76. The number of hydrogen-bond acceptors (Lipinski definition) is 5. The van der Waals surface area contributed by atoms with Crippen LogP contribution in [-0.2, 0) is 11.3 Å². The summed E-state index contributed by atoms with van der Waals surface area (Å²) in [5.41, 5.74) is 0.426. The Morgan fingerprint density at radius 1 is 1.56 bits per heavy atom. The third kappa shape index (κ3) is 4.04. The highest BCUT2D eigenvalue weighted by Crippen LogP contribution is 2.08. The van der Waals surface area contributed by atoms with Crippen molar-refractivity contribution in [3.63, 3.8) is 0 Å². The van der Waals surface area contributed by atoms with E-state index >= 15 is 0 Å². The van der Waals surface area contributed by atoms with Crippen LogP contribution in [0.3, 0.4) is 0 Å². The van der Waals surface area contributed by atoms with Crippen LogP contribution in [0.2, 0.25) is 0 Å². The second-order valence-electron chi connectivity index (χ2n) is 3.40. The number of methoxy groups -OCH3 is 1. The first kappa shape index (κ1) is 12.7. The summed E-state index contributed by atoms with van der Waals surface area (Å²) in [6.07, 6.45) is 3.09. The van der Waals surface area contributed by atoms with Gasteiger partial charge in [-0.1, -0.05) is 0 Å². The molecule has 0 radical (unpaired) electrons. The number of esters is 1. The number of rotatable bonds is 7. The van der Waals surface area contributed by atoms with Crippen LogP contribution in [0, 0.1) is 0 Å². The lowest BCUT2D eigenvalue weighted by Crippen LogP contribution is -2.14. The SMILES string of the molecule is COC(=O)c1coc(CNCCCCO)c1. The smallest absolute Gasteiger partial charge is 0.341 e. The van der Waals surface area contributed by atoms with Gasteiger partial charge in [0.2, 0.25) is 0 Å². The van der Waals surface area contributed by atoms with Crippen molar-refractivity contribution >= 4 is 5.97 Å². The summed E-state index contributed by atoms with van der Waals surface area (Å²) in [7, 11) is 1.34. The third-order valence-electron chi connectivity index (χ3n) is 2.14. The van der Waals surface area contributed by atoms with Gasteiger partial charge in [-0.15, -0.1) is 0 Å². The van der Waals surface area contributed by atoms with Crippen molar-refractivity contribution < 1.29 is 19.1 Å². The molecule has 1 aromatic heterocycles. The molecule has 2 N–H and O–H groups in total. The molecule has 1 rings (SSSR count). The topological polar surface area (TPSA) is 71.7 Å². The van der Waals surface area contributed by atoms with Crippen molar-refractivity contribution in [3.8, 4) is 0 Å². The van der Waals surface area contributed by atoms with Gasteiger partial charge in [-0.25, -0.2) is 4.79 Å². The van der Waals surface area contributed by atoms with Crippen LogP contribution >= 0.6 is 0 Å². The Kier molecular flexibility index (Phi) is 5.60. The Morgan fingerprint density at radius 2 is 2.38 bits per heavy atom. The van der Waals surface area contributed by atoms with Crippen LogP contribution in [-0.4, -0.2) is 31.3 Å². The number of aliphatic hydroxyl groups excluding tert-OH is 1. The molecule has 0 atom stereocenters. The highest BCUT2D eigenvalue weighted by molar-refractivity contribution is 5.88. The Bertz CT molecular complexity index is 322. The molecule has 0 saturated heterocycles. The molecule has 0 aliphatic rings. The number of carbonyl (C=O) groups is 1. The van der Waals surface area contributed by atoms with E-state index in [4.69, 9.17) is 9.52 Å². The van der Waals surface area contributed by atoms with Crippen LogP contribution in [0.4, 0.5) is 0 Å². The first-order chi connectivity index (χ1) is 7.77. The molecule has 0 aromatic carbocycles. The van der Waals surface area contributed by atoms with E-state index < -0.39 is 5.97 Å². The van der Waals surface area contributed by atoms with E-state index in [1.807, 2.05) is 0 Å². The van der Waals surface area contributed by atoms with Crippen molar-refractivity contribution in [2.24, 2.45) is 0 Å². The minimum atomic E-state index is -0.393. The van der Waals surface area contributed by atoms with Crippen LogP contribution in [0.15, 0.2) is 16.7 Å². The number of carbonyl (C=O) groups excluding carboxylic acids is 1. The van der Waals surface area contributed by atoms with E-state index in [9.17, 15) is 4.79 Å². The highest BCUT2D eigenvalue weighted by Gasteiger charge is 2.09. The fourth-order valence-electron chi connectivity index (χ4n) is 1.27. The van der Waals surface area contributed by atoms with E-state index in [-0.39, 0.29) is 6.61 Å². The molecule has 1 aromatic rings. The van der Waals surface area contributed by atoms with Gasteiger partial charge in [0.05, 0.1) is 19.2 Å². The monoisotopic (exact) mass is 227 g/mol. The first-order valence-electron chi connectivity index (χ1n) is 5.25. The van der Waals surface area contributed by atoms with Crippen molar-refractivity contribution in [1.29, 1.82) is 0 Å². The van der Waals surface area contributed by atoms with Gasteiger partial charge in [0.15, 0.2) is 0 Å². The van der Waals surface area contributed by atoms with Crippen LogP contribution in [0.1, 0.15) is 29.0 Å². The summed E-state index contributed by atoms with van der Waals surface area (Å²) in [5.74, 6) is 0.305. The van der Waals surface area contributed by atoms with Gasteiger partial charge in [0.25, 0.3) is 0 Å². The number of nitrogens with one attached hydrogen (secondary N) is 1. The molecule has 0 amide bonds. The Balaban J connectivity index is 2.27. The van der Waals surface area contributed by atoms with Gasteiger partial charge in [-0.05, 0) is 25.5 Å². The zero-order valence-corrected chi connectivity index (χ0v) is 9.36. The van der Waals surface area contributed by atoms with E-state index in [2.05, 4.69) is 10.1 Å². The van der Waals surface area contributed by atoms with Crippen molar-refractivity contribution in [3.05, 3.63) is 23.7 Å². The molecular formula is C11H17NO4. The number of ether oxygens (including phenoxy) is 1. The van der Waals surface area contributed by atoms with E-state index in [0.717, 1.165) is 19.4 Å². The zero-order chi connectivity index (χ0) is 11.8. The molecule has 0 aliphatic heterocycles. The Hall–Kier alpha value is -1.33. The summed E-state index contributed by atoms with van der Waals surface area (Å²) in [5, 5.41) is 11.7. The van der Waals surface area contributed by atoms with Crippen molar-refractivity contribution in [1.82, 2.24) is 5.32 Å². The highest BCUT2D eigenvalue weighted by atomic mass is 16.5. The zero-order valence-electron chi connectivity index (χ0n) is 9.36. The minimum Gasteiger partial charge on any atom is -0.467 e. The molecule has 5 heteroatoms. The molecule has 1 heterocycles. The Labute approximate surface area is 94.4 Å². The lowest BCUT2D eigenvalue weighted by atomic mass is 10.3. The maximum Gasteiger partial charge on any atom is 0.341 e. The predicted molar refractivity (Wildman–Crippen MR) is 58.1 cm³/mol. The lowest BCUT2D eigenvalue weighted by Gasteiger charge is -2.00. The van der Waals surface area contributed by atoms with E-state index in [1.165, 1.54) is 13.4 Å². The first-order valence-corrected chi connectivity index (χ1v) is 5.25. The van der Waals surface area contributed by atoms with Gasteiger partial charge < -0.3 is 19.6 Å². The van der Waals surface area contributed by atoms with Gasteiger partial charge in [0.1, 0.15) is 12.0 Å². The number of hydrogen-bond donors (Lipinski definition) is 2. The standard InChI is InChI=1S/C11H17NO4/c1-15-11(14)9-6-10(16-8-9)7-12-4-2-3-5-13/h6,8,12-13H,2-5,7H2,1H3. The molecule has 0 aliphatic carbocycles. The summed E-state index contributed by atoms with van der Waals surface area (Å²) in [6, 6.07) is 1.66. The molecule has 90 valence electrons. The minimum absolute atomic E-state index is 0.217. The van der Waals surface area contributed by atoms with Gasteiger partial charge in [0, 0.05) is 6.61 Å². The summed E-state index contributed by atoms with van der Waals surface area (Å²) < 4.78 is 9.74. The molecule has 0 bridgehead atoms. The second-order valence-corrected chi connectivity index (χ2v) is 3.40. The van der Waals surface area contributed by atoms with Crippen LogP contribution in [0.5, 0.6) is 0 Å². The summed E-state index contributed by atoms with van der Waals surface area (Å²) in [6.45, 7) is 1.60. The average molecular weight is 227 g/mol. The maximum absolute atomic E-state index is 11.1. The predicted octanol–water partition coefficient (Wildman–Crippen LogP) is 0.928. The van der Waals surface area contributed by atoms with Gasteiger partial charge in [-0.2, -0.15) is 0 Å². The van der Waals surface area contributed by atoms with Gasteiger partial charge >= 0.3 is 5.97 Å². The quantitative estimate of drug-likeness (QED) is 0.535.